The van der Waals surface area contributed by atoms with Crippen LogP contribution in [0.4, 0.5) is 8.78 Å². The zero-order chi connectivity index (χ0) is 16.9. The molecule has 6 heteroatoms. The minimum Gasteiger partial charge on any atom is -0.350 e. The minimum absolute atomic E-state index is 0.0827. The van der Waals surface area contributed by atoms with E-state index in [1.807, 2.05) is 30.3 Å². The van der Waals surface area contributed by atoms with Crippen LogP contribution in [-0.4, -0.2) is 17.6 Å². The predicted octanol–water partition coefficient (Wildman–Crippen LogP) is 3.59. The van der Waals surface area contributed by atoms with Gasteiger partial charge in [0.15, 0.2) is 0 Å². The summed E-state index contributed by atoms with van der Waals surface area (Å²) in [5.41, 5.74) is 1.87. The first kappa shape index (κ1) is 15.9. The van der Waals surface area contributed by atoms with Gasteiger partial charge in [-0.2, -0.15) is 0 Å². The van der Waals surface area contributed by atoms with Gasteiger partial charge in [0.1, 0.15) is 17.3 Å². The molecule has 1 amide bonds. The van der Waals surface area contributed by atoms with Crippen molar-refractivity contribution in [3.05, 3.63) is 77.6 Å². The molecule has 0 radical (unpaired) electrons. The number of nitrogens with zero attached hydrogens (tertiary/aromatic N) is 1. The average Bonchev–Trinajstić information content (AvgIpc) is 3.05. The van der Waals surface area contributed by atoms with Crippen LogP contribution in [0.3, 0.4) is 0 Å². The molecular weight excluding hydrogens is 314 g/mol. The van der Waals surface area contributed by atoms with Gasteiger partial charge in [0, 0.05) is 24.2 Å². The maximum absolute atomic E-state index is 13.1. The van der Waals surface area contributed by atoms with Crippen LogP contribution in [0.15, 0.2) is 59.1 Å². The lowest BCUT2D eigenvalue weighted by molar-refractivity contribution is 0.0917. The fourth-order valence-corrected chi connectivity index (χ4v) is 2.29. The molecule has 0 aliphatic heterocycles. The summed E-state index contributed by atoms with van der Waals surface area (Å²) in [5, 5.41) is 6.50. The van der Waals surface area contributed by atoms with Crippen LogP contribution in [0.1, 0.15) is 16.1 Å². The summed E-state index contributed by atoms with van der Waals surface area (Å²) in [6, 6.07) is 14.1. The molecule has 4 nitrogen and oxygen atoms in total. The van der Waals surface area contributed by atoms with Crippen molar-refractivity contribution in [1.29, 1.82) is 0 Å². The number of halogens is 2. The standard InChI is InChI=1S/C18H14F2N2O2/c19-14-8-12(9-15(20)10-14)6-7-21-18(23)17-11-16(22-24-17)13-4-2-1-3-5-13/h1-5,8-11H,6-7H2,(H,21,23). The van der Waals surface area contributed by atoms with Crippen LogP contribution >= 0.6 is 0 Å². The lowest BCUT2D eigenvalue weighted by Gasteiger charge is -2.03. The molecule has 0 bridgehead atoms. The van der Waals surface area contributed by atoms with Crippen molar-refractivity contribution in [2.45, 2.75) is 6.42 Å². The SMILES string of the molecule is O=C(NCCc1cc(F)cc(F)c1)c1cc(-c2ccccc2)no1. The predicted molar refractivity (Wildman–Crippen MR) is 84.3 cm³/mol. The first-order valence-electron chi connectivity index (χ1n) is 7.37. The van der Waals surface area contributed by atoms with E-state index in [0.717, 1.165) is 11.6 Å². The van der Waals surface area contributed by atoms with Crippen molar-refractivity contribution in [2.24, 2.45) is 0 Å². The van der Waals surface area contributed by atoms with E-state index in [9.17, 15) is 13.6 Å². The van der Waals surface area contributed by atoms with Gasteiger partial charge in [0.2, 0.25) is 5.76 Å². The van der Waals surface area contributed by atoms with Crippen molar-refractivity contribution < 1.29 is 18.1 Å². The first-order valence-corrected chi connectivity index (χ1v) is 7.37. The normalized spacial score (nSPS) is 10.6. The Morgan fingerprint density at radius 1 is 1.04 bits per heavy atom. The Morgan fingerprint density at radius 3 is 2.46 bits per heavy atom. The topological polar surface area (TPSA) is 55.1 Å². The van der Waals surface area contributed by atoms with Gasteiger partial charge in [-0.15, -0.1) is 0 Å². The summed E-state index contributed by atoms with van der Waals surface area (Å²) in [6.45, 7) is 0.225. The molecule has 0 unspecified atom stereocenters. The molecule has 0 fully saturated rings. The Bertz CT molecular complexity index is 827. The molecule has 122 valence electrons. The molecule has 1 heterocycles. The van der Waals surface area contributed by atoms with E-state index in [1.165, 1.54) is 12.1 Å². The molecule has 0 saturated carbocycles. The summed E-state index contributed by atoms with van der Waals surface area (Å²) in [6.07, 6.45) is 0.306. The highest BCUT2D eigenvalue weighted by Gasteiger charge is 2.13. The Balaban J connectivity index is 1.58. The summed E-state index contributed by atoms with van der Waals surface area (Å²) in [7, 11) is 0. The molecule has 0 aliphatic carbocycles. The highest BCUT2D eigenvalue weighted by atomic mass is 19.1. The van der Waals surface area contributed by atoms with Crippen molar-refractivity contribution in [2.75, 3.05) is 6.54 Å². The molecule has 1 aromatic heterocycles. The largest absolute Gasteiger partial charge is 0.350 e. The fourth-order valence-electron chi connectivity index (χ4n) is 2.29. The number of nitrogens with one attached hydrogen (secondary N) is 1. The molecule has 0 atom stereocenters. The maximum Gasteiger partial charge on any atom is 0.289 e. The zero-order valence-corrected chi connectivity index (χ0v) is 12.6. The van der Waals surface area contributed by atoms with Crippen molar-refractivity contribution in [3.8, 4) is 11.3 Å². The van der Waals surface area contributed by atoms with E-state index in [0.29, 0.717) is 17.7 Å². The fraction of sp³-hybridized carbons (Fsp3) is 0.111. The van der Waals surface area contributed by atoms with Gasteiger partial charge in [0.25, 0.3) is 5.91 Å². The maximum atomic E-state index is 13.1. The monoisotopic (exact) mass is 328 g/mol. The smallest absolute Gasteiger partial charge is 0.289 e. The second-order valence-corrected chi connectivity index (χ2v) is 5.23. The number of hydrogen-bond acceptors (Lipinski definition) is 3. The van der Waals surface area contributed by atoms with Crippen LogP contribution in [0.5, 0.6) is 0 Å². The van der Waals surface area contributed by atoms with Crippen LogP contribution in [-0.2, 0) is 6.42 Å². The zero-order valence-electron chi connectivity index (χ0n) is 12.6. The number of aromatic nitrogens is 1. The Kier molecular flexibility index (Phi) is 4.65. The van der Waals surface area contributed by atoms with Gasteiger partial charge >= 0.3 is 0 Å². The molecule has 3 aromatic rings. The highest BCUT2D eigenvalue weighted by molar-refractivity contribution is 5.92. The van der Waals surface area contributed by atoms with Crippen molar-refractivity contribution in [3.63, 3.8) is 0 Å². The summed E-state index contributed by atoms with van der Waals surface area (Å²) in [4.78, 5) is 12.0. The van der Waals surface area contributed by atoms with Gasteiger partial charge < -0.3 is 9.84 Å². The third-order valence-electron chi connectivity index (χ3n) is 3.43. The van der Waals surface area contributed by atoms with Crippen LogP contribution in [0, 0.1) is 11.6 Å². The summed E-state index contributed by atoms with van der Waals surface area (Å²) >= 11 is 0. The van der Waals surface area contributed by atoms with E-state index in [2.05, 4.69) is 10.5 Å². The summed E-state index contributed by atoms with van der Waals surface area (Å²) in [5.74, 6) is -1.63. The summed E-state index contributed by atoms with van der Waals surface area (Å²) < 4.78 is 31.2. The lowest BCUT2D eigenvalue weighted by atomic mass is 10.1. The molecule has 0 saturated heterocycles. The van der Waals surface area contributed by atoms with E-state index in [1.54, 1.807) is 6.07 Å². The molecule has 1 N–H and O–H groups in total. The lowest BCUT2D eigenvalue weighted by Crippen LogP contribution is -2.25. The van der Waals surface area contributed by atoms with Gasteiger partial charge in [-0.25, -0.2) is 8.78 Å². The minimum atomic E-state index is -0.640. The molecular formula is C18H14F2N2O2. The van der Waals surface area contributed by atoms with Gasteiger partial charge in [-0.05, 0) is 24.1 Å². The third kappa shape index (κ3) is 3.84. The number of carbonyl (C=O) groups is 1. The van der Waals surface area contributed by atoms with E-state index in [-0.39, 0.29) is 12.3 Å². The van der Waals surface area contributed by atoms with E-state index < -0.39 is 17.5 Å². The van der Waals surface area contributed by atoms with Crippen molar-refractivity contribution >= 4 is 5.91 Å². The molecule has 0 spiro atoms. The number of carbonyl (C=O) groups excluding carboxylic acids is 1. The number of benzene rings is 2. The highest BCUT2D eigenvalue weighted by Crippen LogP contribution is 2.18. The first-order chi connectivity index (χ1) is 11.6. The number of hydrogen-bond donors (Lipinski definition) is 1. The van der Waals surface area contributed by atoms with Crippen molar-refractivity contribution in [1.82, 2.24) is 10.5 Å². The average molecular weight is 328 g/mol. The van der Waals surface area contributed by atoms with Gasteiger partial charge in [0.05, 0.1) is 0 Å². The Morgan fingerprint density at radius 2 is 1.75 bits per heavy atom. The van der Waals surface area contributed by atoms with Crippen LogP contribution < -0.4 is 5.32 Å². The van der Waals surface area contributed by atoms with Gasteiger partial charge in [-0.1, -0.05) is 35.5 Å². The molecule has 3 rings (SSSR count). The second kappa shape index (κ2) is 7.04. The second-order valence-electron chi connectivity index (χ2n) is 5.23. The van der Waals surface area contributed by atoms with E-state index in [4.69, 9.17) is 4.52 Å². The van der Waals surface area contributed by atoms with Crippen LogP contribution in [0.25, 0.3) is 11.3 Å². The molecule has 2 aromatic carbocycles. The Hall–Kier alpha value is -3.02. The van der Waals surface area contributed by atoms with Gasteiger partial charge in [-0.3, -0.25) is 4.79 Å². The number of rotatable bonds is 5. The van der Waals surface area contributed by atoms with E-state index >= 15 is 0 Å². The Labute approximate surface area is 137 Å². The molecule has 0 aliphatic rings. The quantitative estimate of drug-likeness (QED) is 0.779. The molecule has 24 heavy (non-hydrogen) atoms. The third-order valence-corrected chi connectivity index (χ3v) is 3.43. The number of amides is 1. The van der Waals surface area contributed by atoms with Crippen LogP contribution in [0.2, 0.25) is 0 Å².